The Hall–Kier alpha value is -2.48. The molecule has 0 saturated carbocycles. The lowest BCUT2D eigenvalue weighted by atomic mass is 10.2. The average molecular weight is 378 g/mol. The monoisotopic (exact) mass is 378 g/mol. The van der Waals surface area contributed by atoms with Gasteiger partial charge >= 0.3 is 6.09 Å². The third kappa shape index (κ3) is 6.63. The molecule has 1 aromatic rings. The first-order valence-corrected chi connectivity index (χ1v) is 9.26. The summed E-state index contributed by atoms with van der Waals surface area (Å²) in [7, 11) is 3.43. The van der Waals surface area contributed by atoms with Crippen LogP contribution in [0.4, 0.5) is 4.79 Å². The molecule has 0 bridgehead atoms. The molecular weight excluding hydrogens is 348 g/mol. The van der Waals surface area contributed by atoms with E-state index in [1.165, 1.54) is 0 Å². The van der Waals surface area contributed by atoms with Crippen molar-refractivity contribution >= 4 is 12.1 Å². The van der Waals surface area contributed by atoms with E-state index < -0.39 is 0 Å². The highest BCUT2D eigenvalue weighted by molar-refractivity contribution is 5.80. The summed E-state index contributed by atoms with van der Waals surface area (Å²) >= 11 is 0. The van der Waals surface area contributed by atoms with Gasteiger partial charge in [0.25, 0.3) is 0 Å². The smallest absolute Gasteiger partial charge is 0.409 e. The number of ether oxygens (including phenoxy) is 3. The van der Waals surface area contributed by atoms with Crippen molar-refractivity contribution in [1.82, 2.24) is 15.1 Å². The molecule has 27 heavy (non-hydrogen) atoms. The number of carbonyl (C=O) groups excluding carboxylic acids is 1. The molecule has 8 nitrogen and oxygen atoms in total. The number of rotatable bonds is 7. The van der Waals surface area contributed by atoms with Crippen molar-refractivity contribution in [2.24, 2.45) is 4.99 Å². The highest BCUT2D eigenvalue weighted by atomic mass is 16.6. The minimum Gasteiger partial charge on any atom is -0.491 e. The van der Waals surface area contributed by atoms with Gasteiger partial charge in [-0.3, -0.25) is 4.99 Å². The highest BCUT2D eigenvalue weighted by Gasteiger charge is 2.23. The SMILES string of the molecule is CCOC(=O)N1CCN(C(=NC)NCc2ccc(OCCOC)cc2)CC1. The normalized spacial score (nSPS) is 14.9. The Kier molecular flexibility index (Phi) is 8.70. The van der Waals surface area contributed by atoms with Gasteiger partial charge in [0, 0.05) is 46.9 Å². The summed E-state index contributed by atoms with van der Waals surface area (Å²) in [6.07, 6.45) is -0.243. The molecular formula is C19H30N4O4. The van der Waals surface area contributed by atoms with Gasteiger partial charge in [-0.15, -0.1) is 0 Å². The van der Waals surface area contributed by atoms with E-state index in [1.807, 2.05) is 31.2 Å². The van der Waals surface area contributed by atoms with E-state index in [-0.39, 0.29) is 6.09 Å². The topological polar surface area (TPSA) is 75.6 Å². The molecule has 2 rings (SSSR count). The standard InChI is InChI=1S/C19H30N4O4/c1-4-26-19(24)23-11-9-22(10-12-23)18(20-2)21-15-16-5-7-17(8-6-16)27-14-13-25-3/h5-8H,4,9-15H2,1-3H3,(H,20,21). The summed E-state index contributed by atoms with van der Waals surface area (Å²) < 4.78 is 15.6. The van der Waals surface area contributed by atoms with Crippen LogP contribution >= 0.6 is 0 Å². The summed E-state index contributed by atoms with van der Waals surface area (Å²) in [4.78, 5) is 20.0. The molecule has 8 heteroatoms. The van der Waals surface area contributed by atoms with Crippen LogP contribution in [0.2, 0.25) is 0 Å². The first-order valence-electron chi connectivity index (χ1n) is 9.26. The van der Waals surface area contributed by atoms with Gasteiger partial charge in [0.2, 0.25) is 0 Å². The van der Waals surface area contributed by atoms with Crippen molar-refractivity contribution in [2.75, 3.05) is 60.2 Å². The maximum atomic E-state index is 11.8. The van der Waals surface area contributed by atoms with Crippen LogP contribution in [0.1, 0.15) is 12.5 Å². The second-order valence-electron chi connectivity index (χ2n) is 6.06. The van der Waals surface area contributed by atoms with Crippen molar-refractivity contribution in [3.63, 3.8) is 0 Å². The lowest BCUT2D eigenvalue weighted by Gasteiger charge is -2.35. The molecule has 0 spiro atoms. The minimum absolute atomic E-state index is 0.243. The second-order valence-corrected chi connectivity index (χ2v) is 6.06. The minimum atomic E-state index is -0.243. The van der Waals surface area contributed by atoms with Crippen molar-refractivity contribution in [2.45, 2.75) is 13.5 Å². The van der Waals surface area contributed by atoms with Crippen molar-refractivity contribution in [3.05, 3.63) is 29.8 Å². The van der Waals surface area contributed by atoms with E-state index in [1.54, 1.807) is 19.1 Å². The van der Waals surface area contributed by atoms with Gasteiger partial charge in [-0.1, -0.05) is 12.1 Å². The molecule has 1 aliphatic heterocycles. The number of aliphatic imine (C=N–C) groups is 1. The fourth-order valence-electron chi connectivity index (χ4n) is 2.78. The zero-order valence-corrected chi connectivity index (χ0v) is 16.4. The zero-order chi connectivity index (χ0) is 19.5. The maximum absolute atomic E-state index is 11.8. The van der Waals surface area contributed by atoms with Crippen LogP contribution in [0.25, 0.3) is 0 Å². The number of methoxy groups -OCH3 is 1. The molecule has 1 amide bonds. The number of benzene rings is 1. The van der Waals surface area contributed by atoms with Crippen LogP contribution in [-0.4, -0.2) is 82.0 Å². The van der Waals surface area contributed by atoms with Gasteiger partial charge in [0.05, 0.1) is 13.2 Å². The van der Waals surface area contributed by atoms with Gasteiger partial charge in [0.1, 0.15) is 12.4 Å². The Balaban J connectivity index is 1.78. The summed E-state index contributed by atoms with van der Waals surface area (Å²) in [5, 5.41) is 3.38. The van der Waals surface area contributed by atoms with Gasteiger partial charge in [-0.2, -0.15) is 0 Å². The Morgan fingerprint density at radius 2 is 1.78 bits per heavy atom. The fraction of sp³-hybridized carbons (Fsp3) is 0.579. The molecule has 0 unspecified atom stereocenters. The van der Waals surface area contributed by atoms with Gasteiger partial charge in [-0.25, -0.2) is 4.79 Å². The Bertz CT molecular complexity index is 598. The molecule has 1 N–H and O–H groups in total. The molecule has 0 radical (unpaired) electrons. The van der Waals surface area contributed by atoms with Crippen LogP contribution in [0.15, 0.2) is 29.3 Å². The van der Waals surface area contributed by atoms with E-state index >= 15 is 0 Å². The average Bonchev–Trinajstić information content (AvgIpc) is 2.70. The molecule has 0 atom stereocenters. The van der Waals surface area contributed by atoms with E-state index in [0.29, 0.717) is 39.5 Å². The van der Waals surface area contributed by atoms with Crippen molar-refractivity contribution in [3.8, 4) is 5.75 Å². The van der Waals surface area contributed by atoms with Crippen LogP contribution in [0.3, 0.4) is 0 Å². The van der Waals surface area contributed by atoms with Crippen molar-refractivity contribution in [1.29, 1.82) is 0 Å². The molecule has 150 valence electrons. The number of carbonyl (C=O) groups is 1. The number of piperazine rings is 1. The molecule has 1 fully saturated rings. The van der Waals surface area contributed by atoms with E-state index in [4.69, 9.17) is 14.2 Å². The van der Waals surface area contributed by atoms with Crippen LogP contribution in [0, 0.1) is 0 Å². The van der Waals surface area contributed by atoms with E-state index in [0.717, 1.165) is 30.4 Å². The third-order valence-electron chi connectivity index (χ3n) is 4.25. The van der Waals surface area contributed by atoms with Crippen molar-refractivity contribution < 1.29 is 19.0 Å². The van der Waals surface area contributed by atoms with Crippen LogP contribution < -0.4 is 10.1 Å². The third-order valence-corrected chi connectivity index (χ3v) is 4.25. The number of hydrogen-bond donors (Lipinski definition) is 1. The number of guanidine groups is 1. The lowest BCUT2D eigenvalue weighted by molar-refractivity contribution is 0.0914. The summed E-state index contributed by atoms with van der Waals surface area (Å²) in [5.41, 5.74) is 1.14. The van der Waals surface area contributed by atoms with E-state index in [2.05, 4.69) is 15.2 Å². The quantitative estimate of drug-likeness (QED) is 0.441. The predicted octanol–water partition coefficient (Wildman–Crippen LogP) is 1.56. The van der Waals surface area contributed by atoms with Crippen LogP contribution in [-0.2, 0) is 16.0 Å². The van der Waals surface area contributed by atoms with Gasteiger partial charge < -0.3 is 29.3 Å². The number of amides is 1. The fourth-order valence-corrected chi connectivity index (χ4v) is 2.78. The summed E-state index contributed by atoms with van der Waals surface area (Å²) in [6.45, 7) is 6.72. The largest absolute Gasteiger partial charge is 0.491 e. The first-order chi connectivity index (χ1) is 13.2. The zero-order valence-electron chi connectivity index (χ0n) is 16.4. The molecule has 1 saturated heterocycles. The van der Waals surface area contributed by atoms with Gasteiger partial charge in [-0.05, 0) is 24.6 Å². The lowest BCUT2D eigenvalue weighted by Crippen LogP contribution is -2.53. The second kappa shape index (κ2) is 11.3. The van der Waals surface area contributed by atoms with Crippen LogP contribution in [0.5, 0.6) is 5.75 Å². The summed E-state index contributed by atoms with van der Waals surface area (Å²) in [5.74, 6) is 1.66. The summed E-state index contributed by atoms with van der Waals surface area (Å²) in [6, 6.07) is 7.96. The van der Waals surface area contributed by atoms with E-state index in [9.17, 15) is 4.79 Å². The number of hydrogen-bond acceptors (Lipinski definition) is 5. The molecule has 0 aliphatic carbocycles. The Morgan fingerprint density at radius 1 is 1.11 bits per heavy atom. The Morgan fingerprint density at radius 3 is 2.37 bits per heavy atom. The molecule has 1 heterocycles. The first kappa shape index (κ1) is 20.8. The molecule has 1 aromatic carbocycles. The van der Waals surface area contributed by atoms with Gasteiger partial charge in [0.15, 0.2) is 5.96 Å². The Labute approximate surface area is 161 Å². The molecule has 0 aromatic heterocycles. The maximum Gasteiger partial charge on any atom is 0.409 e. The number of nitrogens with zero attached hydrogens (tertiary/aromatic N) is 3. The predicted molar refractivity (Wildman–Crippen MR) is 104 cm³/mol. The highest BCUT2D eigenvalue weighted by Crippen LogP contribution is 2.12. The molecule has 1 aliphatic rings. The number of nitrogens with one attached hydrogen (secondary N) is 1.